The summed E-state index contributed by atoms with van der Waals surface area (Å²) in [5, 5.41) is 15.4. The summed E-state index contributed by atoms with van der Waals surface area (Å²) in [6.45, 7) is 9.96. The molecule has 0 aromatic heterocycles. The summed E-state index contributed by atoms with van der Waals surface area (Å²) in [6.07, 6.45) is 0. The van der Waals surface area contributed by atoms with Gasteiger partial charge in [-0.3, -0.25) is 5.32 Å². The molecule has 0 unspecified atom stereocenters. The first-order valence-corrected chi connectivity index (χ1v) is 5.35. The van der Waals surface area contributed by atoms with Gasteiger partial charge in [0.15, 0.2) is 0 Å². The predicted molar refractivity (Wildman–Crippen MR) is 57.0 cm³/mol. The van der Waals surface area contributed by atoms with E-state index in [9.17, 15) is 0 Å². The molecule has 4 heteroatoms. The zero-order chi connectivity index (χ0) is 10.4. The van der Waals surface area contributed by atoms with Gasteiger partial charge >= 0.3 is 0 Å². The van der Waals surface area contributed by atoms with Crippen LogP contribution in [-0.2, 0) is 0 Å². The third-order valence-corrected chi connectivity index (χ3v) is 2.85. The van der Waals surface area contributed by atoms with Crippen molar-refractivity contribution in [3.8, 4) is 6.07 Å². The van der Waals surface area contributed by atoms with Crippen LogP contribution in [-0.4, -0.2) is 49.7 Å². The van der Waals surface area contributed by atoms with Gasteiger partial charge in [0.05, 0.1) is 6.07 Å². The Balaban J connectivity index is 2.17. The van der Waals surface area contributed by atoms with Gasteiger partial charge in [0.1, 0.15) is 5.54 Å². The maximum Gasteiger partial charge on any atom is 0.131 e. The minimum Gasteiger partial charge on any atom is -0.311 e. The fraction of sp³-hybridized carbons (Fsp3) is 0.900. The third-order valence-electron chi connectivity index (χ3n) is 2.85. The summed E-state index contributed by atoms with van der Waals surface area (Å²) >= 11 is 0. The van der Waals surface area contributed by atoms with Crippen LogP contribution in [0.4, 0.5) is 0 Å². The highest BCUT2D eigenvalue weighted by Crippen LogP contribution is 2.08. The second-order valence-corrected chi connectivity index (χ2v) is 3.75. The van der Waals surface area contributed by atoms with Gasteiger partial charge in [-0.15, -0.1) is 0 Å². The van der Waals surface area contributed by atoms with E-state index in [-0.39, 0.29) is 5.54 Å². The van der Waals surface area contributed by atoms with Crippen molar-refractivity contribution in [3.05, 3.63) is 0 Å². The van der Waals surface area contributed by atoms with Crippen LogP contribution in [0.2, 0.25) is 0 Å². The molecule has 0 aromatic rings. The Hall–Kier alpha value is -0.630. The third kappa shape index (κ3) is 2.68. The van der Waals surface area contributed by atoms with E-state index < -0.39 is 0 Å². The molecule has 0 spiro atoms. The van der Waals surface area contributed by atoms with Crippen molar-refractivity contribution in [1.29, 1.82) is 5.26 Å². The Morgan fingerprint density at radius 3 is 2.43 bits per heavy atom. The van der Waals surface area contributed by atoms with E-state index in [0.717, 1.165) is 39.3 Å². The van der Waals surface area contributed by atoms with Crippen LogP contribution in [0.15, 0.2) is 0 Å². The Morgan fingerprint density at radius 2 is 2.07 bits per heavy atom. The zero-order valence-electron chi connectivity index (χ0n) is 9.14. The lowest BCUT2D eigenvalue weighted by Crippen LogP contribution is -2.67. The molecule has 1 saturated heterocycles. The monoisotopic (exact) mass is 196 g/mol. The molecular formula is C10H20N4. The van der Waals surface area contributed by atoms with E-state index in [4.69, 9.17) is 5.26 Å². The molecule has 4 nitrogen and oxygen atoms in total. The minimum absolute atomic E-state index is 0.285. The number of likely N-dealkylation sites (N-methyl/N-ethyl adjacent to an activating group) is 1. The van der Waals surface area contributed by atoms with E-state index in [1.807, 2.05) is 0 Å². The van der Waals surface area contributed by atoms with Crippen molar-refractivity contribution in [2.45, 2.75) is 19.4 Å². The molecule has 0 aliphatic carbocycles. The van der Waals surface area contributed by atoms with Gasteiger partial charge in [0.25, 0.3) is 0 Å². The van der Waals surface area contributed by atoms with E-state index in [1.165, 1.54) is 0 Å². The molecule has 0 aromatic carbocycles. The SMILES string of the molecule is CCN(CC)CCNC1(C#N)CNC1. The summed E-state index contributed by atoms with van der Waals surface area (Å²) in [5.41, 5.74) is -0.285. The Kier molecular flexibility index (Phi) is 4.33. The molecular weight excluding hydrogens is 176 g/mol. The highest BCUT2D eigenvalue weighted by atomic mass is 15.2. The predicted octanol–water partition coefficient (Wildman–Crippen LogP) is -0.217. The summed E-state index contributed by atoms with van der Waals surface area (Å²) in [7, 11) is 0. The molecule has 1 aliphatic rings. The van der Waals surface area contributed by atoms with Gasteiger partial charge in [0, 0.05) is 26.2 Å². The lowest BCUT2D eigenvalue weighted by molar-refractivity contribution is 0.248. The number of nitriles is 1. The van der Waals surface area contributed by atoms with Gasteiger partial charge in [-0.1, -0.05) is 13.8 Å². The molecule has 1 rings (SSSR count). The Labute approximate surface area is 86.3 Å². The van der Waals surface area contributed by atoms with Gasteiger partial charge in [-0.2, -0.15) is 5.26 Å². The maximum absolute atomic E-state index is 8.95. The van der Waals surface area contributed by atoms with Crippen molar-refractivity contribution < 1.29 is 0 Å². The van der Waals surface area contributed by atoms with Gasteiger partial charge < -0.3 is 10.2 Å². The van der Waals surface area contributed by atoms with Crippen molar-refractivity contribution in [1.82, 2.24) is 15.5 Å². The summed E-state index contributed by atoms with van der Waals surface area (Å²) in [6, 6.07) is 2.33. The zero-order valence-corrected chi connectivity index (χ0v) is 9.14. The topological polar surface area (TPSA) is 51.1 Å². The number of nitrogens with one attached hydrogen (secondary N) is 2. The molecule has 14 heavy (non-hydrogen) atoms. The standard InChI is InChI=1S/C10H20N4/c1-3-14(4-2)6-5-13-10(7-11)8-12-9-10/h12-13H,3-6,8-9H2,1-2H3. The van der Waals surface area contributed by atoms with Crippen LogP contribution in [0.1, 0.15) is 13.8 Å². The van der Waals surface area contributed by atoms with Crippen LogP contribution in [0, 0.1) is 11.3 Å². The summed E-state index contributed by atoms with van der Waals surface area (Å²) in [5.74, 6) is 0. The lowest BCUT2D eigenvalue weighted by Gasteiger charge is -2.37. The average Bonchev–Trinajstić information content (AvgIpc) is 2.16. The van der Waals surface area contributed by atoms with Crippen LogP contribution >= 0.6 is 0 Å². The highest BCUT2D eigenvalue weighted by molar-refractivity contribution is 5.16. The number of hydrogen-bond acceptors (Lipinski definition) is 4. The first-order chi connectivity index (χ1) is 6.76. The van der Waals surface area contributed by atoms with Crippen molar-refractivity contribution in [2.75, 3.05) is 39.3 Å². The minimum atomic E-state index is -0.285. The molecule has 2 N–H and O–H groups in total. The molecule has 0 saturated carbocycles. The molecule has 1 heterocycles. The molecule has 0 amide bonds. The van der Waals surface area contributed by atoms with Crippen molar-refractivity contribution in [3.63, 3.8) is 0 Å². The normalized spacial score (nSPS) is 19.0. The maximum atomic E-state index is 8.95. The molecule has 1 fully saturated rings. The fourth-order valence-electron chi connectivity index (χ4n) is 1.61. The number of hydrogen-bond donors (Lipinski definition) is 2. The molecule has 1 aliphatic heterocycles. The van der Waals surface area contributed by atoms with Crippen molar-refractivity contribution >= 4 is 0 Å². The number of rotatable bonds is 6. The van der Waals surface area contributed by atoms with E-state index in [1.54, 1.807) is 0 Å². The number of nitrogens with zero attached hydrogens (tertiary/aromatic N) is 2. The van der Waals surface area contributed by atoms with Crippen LogP contribution in [0.5, 0.6) is 0 Å². The average molecular weight is 196 g/mol. The summed E-state index contributed by atoms with van der Waals surface area (Å²) in [4.78, 5) is 2.35. The Bertz CT molecular complexity index is 201. The summed E-state index contributed by atoms with van der Waals surface area (Å²) < 4.78 is 0. The largest absolute Gasteiger partial charge is 0.311 e. The van der Waals surface area contributed by atoms with Gasteiger partial charge in [-0.25, -0.2) is 0 Å². The second kappa shape index (κ2) is 5.30. The molecule has 0 radical (unpaired) electrons. The first-order valence-electron chi connectivity index (χ1n) is 5.35. The van der Waals surface area contributed by atoms with Gasteiger partial charge in [0.2, 0.25) is 0 Å². The van der Waals surface area contributed by atoms with Crippen LogP contribution in [0.3, 0.4) is 0 Å². The first kappa shape index (κ1) is 11.4. The Morgan fingerprint density at radius 1 is 1.43 bits per heavy atom. The van der Waals surface area contributed by atoms with Gasteiger partial charge in [-0.05, 0) is 13.1 Å². The molecule has 0 bridgehead atoms. The van der Waals surface area contributed by atoms with Crippen LogP contribution in [0.25, 0.3) is 0 Å². The smallest absolute Gasteiger partial charge is 0.131 e. The van der Waals surface area contributed by atoms with Crippen LogP contribution < -0.4 is 10.6 Å². The highest BCUT2D eigenvalue weighted by Gasteiger charge is 2.36. The quantitative estimate of drug-likeness (QED) is 0.617. The molecule has 0 atom stereocenters. The second-order valence-electron chi connectivity index (χ2n) is 3.75. The van der Waals surface area contributed by atoms with E-state index in [0.29, 0.717) is 0 Å². The lowest BCUT2D eigenvalue weighted by atomic mass is 9.94. The fourth-order valence-corrected chi connectivity index (χ4v) is 1.61. The van der Waals surface area contributed by atoms with E-state index >= 15 is 0 Å². The van der Waals surface area contributed by atoms with E-state index in [2.05, 4.69) is 35.5 Å². The van der Waals surface area contributed by atoms with Crippen molar-refractivity contribution in [2.24, 2.45) is 0 Å². The molecule has 80 valence electrons.